The van der Waals surface area contributed by atoms with E-state index in [1.807, 2.05) is 26.0 Å². The summed E-state index contributed by atoms with van der Waals surface area (Å²) in [6, 6.07) is 10.3. The van der Waals surface area contributed by atoms with Gasteiger partial charge in [0, 0.05) is 28.7 Å². The molecule has 0 N–H and O–H groups in total. The predicted molar refractivity (Wildman–Crippen MR) is 107 cm³/mol. The van der Waals surface area contributed by atoms with Crippen LogP contribution in [0.2, 0.25) is 5.02 Å². The van der Waals surface area contributed by atoms with Crippen LogP contribution in [0.25, 0.3) is 0 Å². The number of hydrogen-bond acceptors (Lipinski definition) is 4. The molecule has 0 aliphatic rings. The highest BCUT2D eigenvalue weighted by atomic mass is 35.5. The molecule has 0 saturated carbocycles. The lowest BCUT2D eigenvalue weighted by Crippen LogP contribution is -2.12. The highest BCUT2D eigenvalue weighted by molar-refractivity contribution is 7.94. The van der Waals surface area contributed by atoms with E-state index in [0.29, 0.717) is 10.6 Å². The van der Waals surface area contributed by atoms with Gasteiger partial charge in [0.15, 0.2) is 5.78 Å². The van der Waals surface area contributed by atoms with Crippen molar-refractivity contribution in [2.24, 2.45) is 4.36 Å². The van der Waals surface area contributed by atoms with Crippen LogP contribution < -0.4 is 0 Å². The summed E-state index contributed by atoms with van der Waals surface area (Å²) in [4.78, 5) is 16.6. The van der Waals surface area contributed by atoms with Crippen molar-refractivity contribution >= 4 is 44.3 Å². The third-order valence-corrected chi connectivity index (χ3v) is 6.59. The van der Waals surface area contributed by atoms with Crippen molar-refractivity contribution in [3.8, 4) is 0 Å². The van der Waals surface area contributed by atoms with Crippen LogP contribution in [-0.4, -0.2) is 26.2 Å². The molecule has 0 aliphatic heterocycles. The molecule has 0 spiro atoms. The summed E-state index contributed by atoms with van der Waals surface area (Å²) in [5, 5.41) is 0.213. The van der Waals surface area contributed by atoms with Crippen molar-refractivity contribution in [2.45, 2.75) is 25.5 Å². The van der Waals surface area contributed by atoms with Crippen LogP contribution in [0.5, 0.6) is 0 Å². The molecule has 2 rings (SSSR count). The number of halogens is 1. The minimum atomic E-state index is -2.64. The summed E-state index contributed by atoms with van der Waals surface area (Å²) < 4.78 is 17.1. The lowest BCUT2D eigenvalue weighted by atomic mass is 10.1. The van der Waals surface area contributed by atoms with Gasteiger partial charge in [0.1, 0.15) is 4.99 Å². The Kier molecular flexibility index (Phi) is 6.43. The molecule has 0 saturated heterocycles. The molecule has 2 atom stereocenters. The minimum absolute atomic E-state index is 0.0549. The van der Waals surface area contributed by atoms with Gasteiger partial charge in [0.05, 0.1) is 21.4 Å². The van der Waals surface area contributed by atoms with E-state index in [4.69, 9.17) is 23.8 Å². The van der Waals surface area contributed by atoms with E-state index >= 15 is 0 Å². The van der Waals surface area contributed by atoms with Gasteiger partial charge in [-0.25, -0.2) is 4.21 Å². The highest BCUT2D eigenvalue weighted by Gasteiger charge is 2.18. The molecule has 2 unspecified atom stereocenters. The number of benzene rings is 1. The summed E-state index contributed by atoms with van der Waals surface area (Å²) in [7, 11) is -2.64. The van der Waals surface area contributed by atoms with E-state index in [1.54, 1.807) is 36.7 Å². The summed E-state index contributed by atoms with van der Waals surface area (Å²) in [6.07, 6.45) is 3.19. The van der Waals surface area contributed by atoms with Gasteiger partial charge in [-0.2, -0.15) is 4.36 Å². The van der Waals surface area contributed by atoms with E-state index in [1.165, 1.54) is 0 Å². The Balaban J connectivity index is 2.15. The average Bonchev–Trinajstić information content (AvgIpc) is 2.54. The summed E-state index contributed by atoms with van der Waals surface area (Å²) in [5.41, 5.74) is 2.22. The average molecular weight is 395 g/mol. The number of hydrogen-bond donors (Lipinski definition) is 0. The number of nitrogens with zero attached hydrogens (tertiary/aromatic N) is 2. The van der Waals surface area contributed by atoms with Gasteiger partial charge in [-0.3, -0.25) is 9.78 Å². The maximum atomic E-state index is 12.9. The van der Waals surface area contributed by atoms with Gasteiger partial charge in [0.2, 0.25) is 0 Å². The number of aromatic nitrogens is 1. The molecule has 1 aromatic carbocycles. The van der Waals surface area contributed by atoms with Crippen molar-refractivity contribution in [3.05, 3.63) is 64.4 Å². The van der Waals surface area contributed by atoms with Gasteiger partial charge < -0.3 is 0 Å². The number of carbonyl (C=O) groups is 1. The van der Waals surface area contributed by atoms with E-state index in [-0.39, 0.29) is 22.4 Å². The standard InChI is InChI=1S/C18H19ClN2O2S2/c1-12-4-5-15(11-20-12)13(2)25(3,23)21-18(24)10-17(22)14-6-8-16(19)9-7-14/h4-9,11,13H,10H2,1-3H3. The molecule has 2 aromatic rings. The second-order valence-corrected chi connectivity index (χ2v) is 9.35. The Morgan fingerprint density at radius 3 is 2.48 bits per heavy atom. The van der Waals surface area contributed by atoms with Crippen LogP contribution in [0.1, 0.15) is 40.2 Å². The van der Waals surface area contributed by atoms with Gasteiger partial charge in [0.25, 0.3) is 0 Å². The fraction of sp³-hybridized carbons (Fsp3) is 0.278. The molecule has 4 nitrogen and oxygen atoms in total. The first-order chi connectivity index (χ1) is 11.7. The number of ketones is 1. The van der Waals surface area contributed by atoms with E-state index in [9.17, 15) is 9.00 Å². The molecule has 25 heavy (non-hydrogen) atoms. The first kappa shape index (κ1) is 19.7. The summed E-state index contributed by atoms with van der Waals surface area (Å²) in [5.74, 6) is -0.176. The Morgan fingerprint density at radius 1 is 1.28 bits per heavy atom. The molecule has 132 valence electrons. The summed E-state index contributed by atoms with van der Waals surface area (Å²) in [6.45, 7) is 3.71. The number of thiocarbonyl (C=S) groups is 1. The zero-order chi connectivity index (χ0) is 18.6. The Bertz CT molecular complexity index is 900. The molecule has 0 fully saturated rings. The number of rotatable bonds is 5. The summed E-state index contributed by atoms with van der Waals surface area (Å²) >= 11 is 11.0. The third kappa shape index (κ3) is 5.42. The molecule has 0 aliphatic carbocycles. The maximum absolute atomic E-state index is 12.9. The van der Waals surface area contributed by atoms with Crippen LogP contribution in [0.3, 0.4) is 0 Å². The lowest BCUT2D eigenvalue weighted by Gasteiger charge is -2.14. The largest absolute Gasteiger partial charge is 0.294 e. The molecular formula is C18H19ClN2O2S2. The van der Waals surface area contributed by atoms with E-state index in [2.05, 4.69) is 9.35 Å². The molecule has 0 radical (unpaired) electrons. The Labute approximate surface area is 158 Å². The predicted octanol–water partition coefficient (Wildman–Crippen LogP) is 4.80. The molecule has 0 bridgehead atoms. The van der Waals surface area contributed by atoms with Gasteiger partial charge in [-0.05, 0) is 49.7 Å². The Morgan fingerprint density at radius 2 is 1.92 bits per heavy atom. The van der Waals surface area contributed by atoms with Gasteiger partial charge in [-0.15, -0.1) is 0 Å². The van der Waals surface area contributed by atoms with Gasteiger partial charge >= 0.3 is 0 Å². The van der Waals surface area contributed by atoms with E-state index < -0.39 is 9.73 Å². The fourth-order valence-corrected chi connectivity index (χ4v) is 4.13. The second-order valence-electron chi connectivity index (χ2n) is 5.83. The number of aryl methyl sites for hydroxylation is 1. The van der Waals surface area contributed by atoms with Crippen LogP contribution in [0.4, 0.5) is 0 Å². The quantitative estimate of drug-likeness (QED) is 0.539. The van der Waals surface area contributed by atoms with Crippen molar-refractivity contribution in [1.82, 2.24) is 4.98 Å². The minimum Gasteiger partial charge on any atom is -0.294 e. The van der Waals surface area contributed by atoms with Crippen LogP contribution in [-0.2, 0) is 9.73 Å². The number of Topliss-reactive ketones (excluding diaryl/α,β-unsaturated/α-hetero) is 1. The SMILES string of the molecule is Cc1ccc(C(C)S(C)(=O)=NC(=S)CC(=O)c2ccc(Cl)cc2)cn1. The zero-order valence-corrected chi connectivity index (χ0v) is 16.6. The monoisotopic (exact) mass is 394 g/mol. The zero-order valence-electron chi connectivity index (χ0n) is 14.2. The first-order valence-electron chi connectivity index (χ1n) is 7.64. The third-order valence-electron chi connectivity index (χ3n) is 3.82. The number of carbonyl (C=O) groups excluding carboxylic acids is 1. The molecular weight excluding hydrogens is 376 g/mol. The lowest BCUT2D eigenvalue weighted by molar-refractivity contribution is 0.100. The molecule has 7 heteroatoms. The molecule has 1 heterocycles. The van der Waals surface area contributed by atoms with Crippen LogP contribution in [0.15, 0.2) is 47.0 Å². The van der Waals surface area contributed by atoms with Gasteiger partial charge in [-0.1, -0.05) is 29.9 Å². The van der Waals surface area contributed by atoms with Crippen LogP contribution >= 0.6 is 23.8 Å². The molecule has 1 aromatic heterocycles. The van der Waals surface area contributed by atoms with Crippen molar-refractivity contribution < 1.29 is 9.00 Å². The fourth-order valence-electron chi connectivity index (χ4n) is 2.16. The molecule has 0 amide bonds. The normalized spacial score (nSPS) is 14.4. The Hall–Kier alpha value is -1.63. The van der Waals surface area contributed by atoms with Crippen LogP contribution in [0, 0.1) is 6.92 Å². The first-order valence-corrected chi connectivity index (χ1v) is 10.4. The van der Waals surface area contributed by atoms with E-state index in [0.717, 1.165) is 11.3 Å². The van der Waals surface area contributed by atoms with Crippen molar-refractivity contribution in [2.75, 3.05) is 6.26 Å². The van der Waals surface area contributed by atoms with Crippen molar-refractivity contribution in [1.29, 1.82) is 0 Å². The smallest absolute Gasteiger partial charge is 0.169 e. The topological polar surface area (TPSA) is 59.4 Å². The number of pyridine rings is 1. The second kappa shape index (κ2) is 8.17. The van der Waals surface area contributed by atoms with Crippen molar-refractivity contribution in [3.63, 3.8) is 0 Å². The highest BCUT2D eigenvalue weighted by Crippen LogP contribution is 2.23. The maximum Gasteiger partial charge on any atom is 0.169 e.